The molecule has 0 bridgehead atoms. The molecule has 1 amide bonds. The largest absolute Gasteiger partial charge is 0.405 e. The zero-order chi connectivity index (χ0) is 22.1. The SMILES string of the molecule is C=CN1N=CC(c2nc(C(=O)NCC(N3CCC3)C(F)(F)F)sc2Cl)=CC1(C)C=C. The second-order valence-corrected chi connectivity index (χ2v) is 8.70. The Hall–Kier alpha value is -2.17. The number of nitrogens with one attached hydrogen (secondary N) is 1. The molecular weight excluding hydrogens is 439 g/mol. The van der Waals surface area contributed by atoms with Gasteiger partial charge in [-0.2, -0.15) is 18.3 Å². The van der Waals surface area contributed by atoms with Gasteiger partial charge in [-0.25, -0.2) is 4.98 Å². The van der Waals surface area contributed by atoms with Crippen LogP contribution in [0.15, 0.2) is 36.6 Å². The number of hydrogen-bond acceptors (Lipinski definition) is 6. The molecule has 0 spiro atoms. The van der Waals surface area contributed by atoms with Gasteiger partial charge in [0.1, 0.15) is 16.1 Å². The summed E-state index contributed by atoms with van der Waals surface area (Å²) in [6, 6.07) is -1.71. The summed E-state index contributed by atoms with van der Waals surface area (Å²) < 4.78 is 40.0. The molecule has 1 aromatic heterocycles. The monoisotopic (exact) mass is 459 g/mol. The predicted octanol–water partition coefficient (Wildman–Crippen LogP) is 3.94. The third kappa shape index (κ3) is 4.45. The van der Waals surface area contributed by atoms with Gasteiger partial charge in [-0.05, 0) is 19.4 Å². The third-order valence-electron chi connectivity index (χ3n) is 5.07. The van der Waals surface area contributed by atoms with Gasteiger partial charge in [-0.15, -0.1) is 6.58 Å². The Balaban J connectivity index is 1.76. The average Bonchev–Trinajstić information content (AvgIpc) is 3.04. The Labute approximate surface area is 181 Å². The van der Waals surface area contributed by atoms with Crippen LogP contribution in [0.2, 0.25) is 4.34 Å². The topological polar surface area (TPSA) is 60.8 Å². The fourth-order valence-corrected chi connectivity index (χ4v) is 4.24. The number of allylic oxidation sites excluding steroid dienone is 1. The lowest BCUT2D eigenvalue weighted by Gasteiger charge is -2.39. The van der Waals surface area contributed by atoms with Crippen LogP contribution in [0, 0.1) is 0 Å². The Morgan fingerprint density at radius 2 is 2.17 bits per heavy atom. The Morgan fingerprint density at radius 1 is 1.47 bits per heavy atom. The fourth-order valence-electron chi connectivity index (χ4n) is 3.14. The molecular formula is C19H21ClF3N5OS. The van der Waals surface area contributed by atoms with Gasteiger partial charge in [0, 0.05) is 31.4 Å². The summed E-state index contributed by atoms with van der Waals surface area (Å²) in [6.07, 6.45) is 2.86. The van der Waals surface area contributed by atoms with Crippen LogP contribution in [-0.4, -0.2) is 64.4 Å². The number of carbonyl (C=O) groups is 1. The minimum atomic E-state index is -4.42. The molecule has 3 rings (SSSR count). The van der Waals surface area contributed by atoms with Crippen molar-refractivity contribution in [3.63, 3.8) is 0 Å². The van der Waals surface area contributed by atoms with Crippen molar-refractivity contribution < 1.29 is 18.0 Å². The van der Waals surface area contributed by atoms with Gasteiger partial charge in [-0.3, -0.25) is 14.7 Å². The molecule has 0 aliphatic carbocycles. The van der Waals surface area contributed by atoms with Gasteiger partial charge in [0.05, 0.1) is 11.8 Å². The minimum Gasteiger partial charge on any atom is -0.348 e. The summed E-state index contributed by atoms with van der Waals surface area (Å²) in [5, 5.41) is 8.20. The van der Waals surface area contributed by atoms with E-state index in [4.69, 9.17) is 11.6 Å². The highest BCUT2D eigenvalue weighted by molar-refractivity contribution is 7.17. The van der Waals surface area contributed by atoms with Crippen molar-refractivity contribution in [1.82, 2.24) is 20.2 Å². The zero-order valence-corrected chi connectivity index (χ0v) is 17.8. The van der Waals surface area contributed by atoms with Crippen LogP contribution in [0.25, 0.3) is 5.57 Å². The lowest BCUT2D eigenvalue weighted by Crippen LogP contribution is -2.57. The highest BCUT2D eigenvalue weighted by Gasteiger charge is 2.45. The maximum atomic E-state index is 13.3. The molecule has 2 atom stereocenters. The molecule has 1 N–H and O–H groups in total. The number of carbonyl (C=O) groups excluding carboxylic acids is 1. The summed E-state index contributed by atoms with van der Waals surface area (Å²) in [5.41, 5.74) is 0.241. The smallest absolute Gasteiger partial charge is 0.348 e. The molecule has 3 heterocycles. The van der Waals surface area contributed by atoms with Crippen molar-refractivity contribution in [2.75, 3.05) is 19.6 Å². The number of thiazole rings is 1. The molecule has 30 heavy (non-hydrogen) atoms. The molecule has 2 aliphatic rings. The quantitative estimate of drug-likeness (QED) is 0.627. The van der Waals surface area contributed by atoms with Crippen molar-refractivity contribution in [2.45, 2.75) is 31.1 Å². The summed E-state index contributed by atoms with van der Waals surface area (Å²) in [5.74, 6) is -0.699. The third-order valence-corrected chi connectivity index (χ3v) is 6.32. The molecule has 162 valence electrons. The van der Waals surface area contributed by atoms with E-state index in [2.05, 4.69) is 28.6 Å². The molecule has 0 saturated carbocycles. The second kappa shape index (κ2) is 8.52. The van der Waals surface area contributed by atoms with E-state index in [0.29, 0.717) is 24.4 Å². The summed E-state index contributed by atoms with van der Waals surface area (Å²) in [6.45, 7) is 9.56. The normalized spacial score (nSPS) is 22.8. The van der Waals surface area contributed by atoms with Crippen LogP contribution in [0.4, 0.5) is 13.2 Å². The highest BCUT2D eigenvalue weighted by Crippen LogP contribution is 2.34. The van der Waals surface area contributed by atoms with Gasteiger partial charge in [-0.1, -0.05) is 35.6 Å². The van der Waals surface area contributed by atoms with Crippen LogP contribution in [0.1, 0.15) is 28.8 Å². The molecule has 1 saturated heterocycles. The number of rotatable bonds is 7. The van der Waals surface area contributed by atoms with Gasteiger partial charge >= 0.3 is 6.18 Å². The summed E-state index contributed by atoms with van der Waals surface area (Å²) in [7, 11) is 0. The first-order valence-electron chi connectivity index (χ1n) is 9.17. The van der Waals surface area contributed by atoms with Crippen LogP contribution >= 0.6 is 22.9 Å². The molecule has 2 unspecified atom stereocenters. The zero-order valence-electron chi connectivity index (χ0n) is 16.2. The standard InChI is InChI=1S/C19H21ClF3N5OS/c1-4-18(3)9-12(10-25-28(18)5-2)14-15(20)30-17(26-14)16(29)24-11-13(19(21,22)23)27-7-6-8-27/h4-5,9-10,13H,1-2,6-8,11H2,3H3,(H,24,29). The van der Waals surface area contributed by atoms with E-state index in [1.54, 1.807) is 17.3 Å². The average molecular weight is 460 g/mol. The van der Waals surface area contributed by atoms with Crippen molar-refractivity contribution in [3.8, 4) is 0 Å². The van der Waals surface area contributed by atoms with Crippen molar-refractivity contribution in [3.05, 3.63) is 46.5 Å². The van der Waals surface area contributed by atoms with Gasteiger partial charge in [0.15, 0.2) is 5.01 Å². The first-order valence-corrected chi connectivity index (χ1v) is 10.4. The van der Waals surface area contributed by atoms with Crippen LogP contribution < -0.4 is 5.32 Å². The minimum absolute atomic E-state index is 0.0136. The number of halogens is 4. The van der Waals surface area contributed by atoms with E-state index >= 15 is 0 Å². The van der Waals surface area contributed by atoms with Crippen molar-refractivity contribution in [2.24, 2.45) is 5.10 Å². The maximum absolute atomic E-state index is 13.3. The highest BCUT2D eigenvalue weighted by atomic mass is 35.5. The molecule has 1 aromatic rings. The van der Waals surface area contributed by atoms with E-state index in [0.717, 1.165) is 17.8 Å². The fraction of sp³-hybridized carbons (Fsp3) is 0.421. The first-order chi connectivity index (χ1) is 14.1. The van der Waals surface area contributed by atoms with Crippen LogP contribution in [0.3, 0.4) is 0 Å². The lowest BCUT2D eigenvalue weighted by atomic mass is 9.96. The number of hydrazone groups is 1. The van der Waals surface area contributed by atoms with E-state index < -0.39 is 30.2 Å². The Bertz CT molecular complexity index is 908. The number of amides is 1. The van der Waals surface area contributed by atoms with E-state index in [9.17, 15) is 18.0 Å². The van der Waals surface area contributed by atoms with Crippen molar-refractivity contribution >= 4 is 40.6 Å². The lowest BCUT2D eigenvalue weighted by molar-refractivity contribution is -0.190. The number of nitrogens with zero attached hydrogens (tertiary/aromatic N) is 4. The van der Waals surface area contributed by atoms with Gasteiger partial charge < -0.3 is 5.32 Å². The molecule has 0 aromatic carbocycles. The first kappa shape index (κ1) is 22.5. The molecule has 0 radical (unpaired) electrons. The number of aromatic nitrogens is 1. The molecule has 11 heteroatoms. The molecule has 2 aliphatic heterocycles. The number of likely N-dealkylation sites (tertiary alicyclic amines) is 1. The van der Waals surface area contributed by atoms with Gasteiger partial charge in [0.2, 0.25) is 0 Å². The number of alkyl halides is 3. The van der Waals surface area contributed by atoms with Gasteiger partial charge in [0.25, 0.3) is 5.91 Å². The number of hydrogen-bond donors (Lipinski definition) is 1. The Kier molecular flexibility index (Phi) is 6.40. The maximum Gasteiger partial charge on any atom is 0.405 e. The summed E-state index contributed by atoms with van der Waals surface area (Å²) >= 11 is 7.17. The van der Waals surface area contributed by atoms with Crippen molar-refractivity contribution in [1.29, 1.82) is 0 Å². The Morgan fingerprint density at radius 3 is 2.70 bits per heavy atom. The van der Waals surface area contributed by atoms with E-state index in [-0.39, 0.29) is 9.34 Å². The van der Waals surface area contributed by atoms with E-state index in [1.807, 2.05) is 13.0 Å². The van der Waals surface area contributed by atoms with E-state index in [1.165, 1.54) is 11.1 Å². The molecule has 1 fully saturated rings. The molecule has 6 nitrogen and oxygen atoms in total. The van der Waals surface area contributed by atoms with Crippen LogP contribution in [-0.2, 0) is 0 Å². The predicted molar refractivity (Wildman–Crippen MR) is 113 cm³/mol. The summed E-state index contributed by atoms with van der Waals surface area (Å²) in [4.78, 5) is 18.0. The van der Waals surface area contributed by atoms with Crippen LogP contribution in [0.5, 0.6) is 0 Å². The second-order valence-electron chi connectivity index (χ2n) is 7.10.